The van der Waals surface area contributed by atoms with E-state index in [1.807, 2.05) is 4.57 Å². The normalized spacial score (nSPS) is 27.2. The Kier molecular flexibility index (Phi) is 2.17. The fourth-order valence-electron chi connectivity index (χ4n) is 3.19. The first-order valence-electron chi connectivity index (χ1n) is 5.84. The SMILES string of the molecule is Fc1ccc(Br)c(F)c1[C@]12CC1c1n[nH]c(=S)n1C2. The number of H-pyrrole nitrogens is 1. The molecule has 19 heavy (non-hydrogen) atoms. The number of hydrogen-bond donors (Lipinski definition) is 1. The van der Waals surface area contributed by atoms with Crippen LogP contribution < -0.4 is 0 Å². The lowest BCUT2D eigenvalue weighted by Gasteiger charge is -2.15. The van der Waals surface area contributed by atoms with Crippen molar-refractivity contribution in [2.24, 2.45) is 0 Å². The van der Waals surface area contributed by atoms with Crippen molar-refractivity contribution < 1.29 is 8.78 Å². The van der Waals surface area contributed by atoms with Gasteiger partial charge in [-0.15, -0.1) is 0 Å². The van der Waals surface area contributed by atoms with Gasteiger partial charge in [-0.25, -0.2) is 8.78 Å². The third-order valence-corrected chi connectivity index (χ3v) is 5.08. The van der Waals surface area contributed by atoms with Gasteiger partial charge in [-0.3, -0.25) is 5.10 Å². The van der Waals surface area contributed by atoms with Crippen LogP contribution in [-0.2, 0) is 12.0 Å². The Balaban J connectivity index is 1.90. The molecule has 1 N–H and O–H groups in total. The highest BCUT2D eigenvalue weighted by Gasteiger charge is 2.64. The summed E-state index contributed by atoms with van der Waals surface area (Å²) in [4.78, 5) is 0. The molecular formula is C12H8BrF2N3S. The molecule has 1 fully saturated rings. The zero-order valence-corrected chi connectivity index (χ0v) is 12.0. The van der Waals surface area contributed by atoms with E-state index in [0.717, 1.165) is 12.2 Å². The maximum Gasteiger partial charge on any atom is 0.195 e. The van der Waals surface area contributed by atoms with Crippen LogP contribution in [-0.4, -0.2) is 14.8 Å². The smallest absolute Gasteiger partial charge is 0.195 e. The number of rotatable bonds is 1. The van der Waals surface area contributed by atoms with Crippen molar-refractivity contribution in [1.29, 1.82) is 0 Å². The predicted octanol–water partition coefficient (Wildman–Crippen LogP) is 3.42. The maximum absolute atomic E-state index is 14.3. The van der Waals surface area contributed by atoms with Gasteiger partial charge in [0, 0.05) is 23.4 Å². The minimum atomic E-state index is -0.511. The van der Waals surface area contributed by atoms with Crippen LogP contribution in [0.15, 0.2) is 16.6 Å². The van der Waals surface area contributed by atoms with Gasteiger partial charge in [0.1, 0.15) is 17.5 Å². The summed E-state index contributed by atoms with van der Waals surface area (Å²) in [5.74, 6) is -0.144. The standard InChI is InChI=1S/C12H8BrF2N3S/c13-6-1-2-7(14)8(9(6)15)12-3-5(12)10-16-17-11(19)18(10)4-12/h1-2,5H,3-4H2,(H,17,19)/t5?,12-/m0/s1. The first kappa shape index (κ1) is 11.7. The summed E-state index contributed by atoms with van der Waals surface area (Å²) in [5.41, 5.74) is -0.352. The van der Waals surface area contributed by atoms with Gasteiger partial charge in [-0.1, -0.05) is 0 Å². The quantitative estimate of drug-likeness (QED) is 0.635. The first-order valence-corrected chi connectivity index (χ1v) is 7.04. The molecule has 98 valence electrons. The van der Waals surface area contributed by atoms with E-state index in [-0.39, 0.29) is 11.5 Å². The van der Waals surface area contributed by atoms with Gasteiger partial charge in [0.05, 0.1) is 4.47 Å². The Bertz CT molecular complexity index is 769. The van der Waals surface area contributed by atoms with Crippen LogP contribution in [0.25, 0.3) is 0 Å². The largest absolute Gasteiger partial charge is 0.303 e. The van der Waals surface area contributed by atoms with Gasteiger partial charge >= 0.3 is 0 Å². The van der Waals surface area contributed by atoms with E-state index < -0.39 is 17.0 Å². The molecule has 0 bridgehead atoms. The molecular weight excluding hydrogens is 336 g/mol. The summed E-state index contributed by atoms with van der Waals surface area (Å²) in [7, 11) is 0. The van der Waals surface area contributed by atoms with Gasteiger partial charge in [-0.05, 0) is 46.7 Å². The molecule has 1 aromatic heterocycles. The van der Waals surface area contributed by atoms with Crippen molar-refractivity contribution in [2.75, 3.05) is 0 Å². The molecule has 0 saturated heterocycles. The van der Waals surface area contributed by atoms with Crippen LogP contribution in [0.1, 0.15) is 23.7 Å². The fourth-order valence-corrected chi connectivity index (χ4v) is 3.72. The highest BCUT2D eigenvalue weighted by Crippen LogP contribution is 2.65. The summed E-state index contributed by atoms with van der Waals surface area (Å²) < 4.78 is 31.0. The topological polar surface area (TPSA) is 33.6 Å². The maximum atomic E-state index is 14.3. The predicted molar refractivity (Wildman–Crippen MR) is 70.5 cm³/mol. The molecule has 0 spiro atoms. The number of aromatic nitrogens is 3. The molecule has 7 heteroatoms. The lowest BCUT2D eigenvalue weighted by atomic mass is 9.93. The molecule has 1 aromatic carbocycles. The van der Waals surface area contributed by atoms with E-state index in [1.165, 1.54) is 12.1 Å². The van der Waals surface area contributed by atoms with Crippen LogP contribution in [0, 0.1) is 16.4 Å². The van der Waals surface area contributed by atoms with Gasteiger partial charge in [-0.2, -0.15) is 5.10 Å². The summed E-state index contributed by atoms with van der Waals surface area (Å²) in [5, 5.41) is 6.88. The number of fused-ring (bicyclic) bond motifs is 3. The molecule has 2 aromatic rings. The van der Waals surface area contributed by atoms with Crippen LogP contribution >= 0.6 is 28.1 Å². The zero-order chi connectivity index (χ0) is 13.4. The summed E-state index contributed by atoms with van der Waals surface area (Å²) in [6.45, 7) is 0.493. The monoisotopic (exact) mass is 343 g/mol. The minimum Gasteiger partial charge on any atom is -0.303 e. The number of halogens is 3. The Morgan fingerprint density at radius 1 is 1.47 bits per heavy atom. The first-order chi connectivity index (χ1) is 9.04. The number of benzene rings is 1. The highest BCUT2D eigenvalue weighted by atomic mass is 79.9. The number of nitrogens with zero attached hydrogens (tertiary/aromatic N) is 2. The molecule has 1 unspecified atom stereocenters. The summed E-state index contributed by atoms with van der Waals surface area (Å²) in [6, 6.07) is 2.69. The Labute approximate surface area is 120 Å². The summed E-state index contributed by atoms with van der Waals surface area (Å²) >= 11 is 8.24. The van der Waals surface area contributed by atoms with E-state index in [1.54, 1.807) is 0 Å². The zero-order valence-electron chi connectivity index (χ0n) is 9.58. The Hall–Kier alpha value is -1.08. The van der Waals surface area contributed by atoms with Gasteiger partial charge < -0.3 is 4.57 Å². The summed E-state index contributed by atoms with van der Waals surface area (Å²) in [6.07, 6.45) is 0.719. The van der Waals surface area contributed by atoms with Crippen molar-refractivity contribution in [3.8, 4) is 0 Å². The Morgan fingerprint density at radius 3 is 3.00 bits per heavy atom. The van der Waals surface area contributed by atoms with E-state index in [9.17, 15) is 8.78 Å². The van der Waals surface area contributed by atoms with Crippen molar-refractivity contribution >= 4 is 28.1 Å². The second kappa shape index (κ2) is 3.52. The molecule has 1 saturated carbocycles. The molecule has 1 aliphatic carbocycles. The molecule has 1 aliphatic heterocycles. The Morgan fingerprint density at radius 2 is 2.26 bits per heavy atom. The van der Waals surface area contributed by atoms with Crippen LogP contribution in [0.5, 0.6) is 0 Å². The van der Waals surface area contributed by atoms with E-state index in [0.29, 0.717) is 15.8 Å². The molecule has 3 nitrogen and oxygen atoms in total. The number of aromatic amines is 1. The average Bonchev–Trinajstić information content (AvgIpc) is 2.83. The average molecular weight is 344 g/mol. The molecule has 0 amide bonds. The van der Waals surface area contributed by atoms with E-state index in [2.05, 4.69) is 26.1 Å². The lowest BCUT2D eigenvalue weighted by Crippen LogP contribution is -2.17. The highest BCUT2D eigenvalue weighted by molar-refractivity contribution is 9.10. The van der Waals surface area contributed by atoms with E-state index >= 15 is 0 Å². The van der Waals surface area contributed by atoms with Gasteiger partial charge in [0.25, 0.3) is 0 Å². The molecule has 2 aliphatic rings. The van der Waals surface area contributed by atoms with Crippen molar-refractivity contribution in [1.82, 2.24) is 14.8 Å². The molecule has 2 heterocycles. The van der Waals surface area contributed by atoms with Crippen LogP contribution in [0.2, 0.25) is 0 Å². The van der Waals surface area contributed by atoms with E-state index in [4.69, 9.17) is 12.2 Å². The molecule has 0 radical (unpaired) electrons. The number of nitrogens with one attached hydrogen (secondary N) is 1. The van der Waals surface area contributed by atoms with Gasteiger partial charge in [0.2, 0.25) is 0 Å². The minimum absolute atomic E-state index is 0.0544. The van der Waals surface area contributed by atoms with Crippen LogP contribution in [0.4, 0.5) is 8.78 Å². The third kappa shape index (κ3) is 1.34. The van der Waals surface area contributed by atoms with Crippen molar-refractivity contribution in [2.45, 2.75) is 24.3 Å². The van der Waals surface area contributed by atoms with Crippen molar-refractivity contribution in [3.05, 3.63) is 44.4 Å². The second-order valence-electron chi connectivity index (χ2n) is 5.10. The fraction of sp³-hybridized carbons (Fsp3) is 0.333. The number of hydrogen-bond acceptors (Lipinski definition) is 2. The molecule has 4 rings (SSSR count). The lowest BCUT2D eigenvalue weighted by molar-refractivity contribution is 0.484. The third-order valence-electron chi connectivity index (χ3n) is 4.16. The molecule has 2 atom stereocenters. The van der Waals surface area contributed by atoms with Crippen molar-refractivity contribution in [3.63, 3.8) is 0 Å². The van der Waals surface area contributed by atoms with Gasteiger partial charge in [0.15, 0.2) is 4.77 Å². The second-order valence-corrected chi connectivity index (χ2v) is 6.35. The van der Waals surface area contributed by atoms with Crippen LogP contribution in [0.3, 0.4) is 0 Å².